The van der Waals surface area contributed by atoms with Crippen LogP contribution in [-0.4, -0.2) is 49.6 Å². The molecular formula is C11H21N3O. The number of nitrogens with one attached hydrogen (secondary N) is 2. The van der Waals surface area contributed by atoms with E-state index in [0.29, 0.717) is 0 Å². The van der Waals surface area contributed by atoms with Crippen molar-refractivity contribution in [1.29, 1.82) is 0 Å². The van der Waals surface area contributed by atoms with Crippen molar-refractivity contribution in [3.8, 4) is 0 Å². The van der Waals surface area contributed by atoms with Gasteiger partial charge in [0.05, 0.1) is 6.04 Å². The zero-order chi connectivity index (χ0) is 10.7. The number of piperazine rings is 1. The normalized spacial score (nSPS) is 28.6. The minimum absolute atomic E-state index is 0.117. The minimum Gasteiger partial charge on any atom is -0.353 e. The summed E-state index contributed by atoms with van der Waals surface area (Å²) in [6.45, 7) is 7.34. The number of carbonyl (C=O) groups excluding carboxylic acids is 1. The van der Waals surface area contributed by atoms with E-state index in [1.165, 1.54) is 6.42 Å². The van der Waals surface area contributed by atoms with Crippen LogP contribution in [0.25, 0.3) is 0 Å². The zero-order valence-corrected chi connectivity index (χ0v) is 9.46. The molecule has 0 spiro atoms. The first-order valence-corrected chi connectivity index (χ1v) is 6.03. The van der Waals surface area contributed by atoms with Gasteiger partial charge in [-0.2, -0.15) is 0 Å². The second-order valence-electron chi connectivity index (χ2n) is 4.56. The molecule has 0 bridgehead atoms. The Morgan fingerprint density at radius 1 is 1.47 bits per heavy atom. The highest BCUT2D eigenvalue weighted by Gasteiger charge is 2.28. The molecule has 0 radical (unpaired) electrons. The molecule has 2 aliphatic heterocycles. The average Bonchev–Trinajstić information content (AvgIpc) is 2.15. The Balaban J connectivity index is 1.79. The highest BCUT2D eigenvalue weighted by Crippen LogP contribution is 2.13. The number of hydrogen-bond acceptors (Lipinski definition) is 3. The van der Waals surface area contributed by atoms with Crippen LogP contribution in [-0.2, 0) is 4.79 Å². The first-order chi connectivity index (χ1) is 7.31. The molecule has 0 aromatic carbocycles. The summed E-state index contributed by atoms with van der Waals surface area (Å²) in [6.07, 6.45) is 2.16. The SMILES string of the molecule is CCC1C(=O)NCCN1CCC1CNC1. The Labute approximate surface area is 91.4 Å². The molecule has 15 heavy (non-hydrogen) atoms. The molecular weight excluding hydrogens is 190 g/mol. The van der Waals surface area contributed by atoms with E-state index in [-0.39, 0.29) is 11.9 Å². The van der Waals surface area contributed by atoms with Crippen LogP contribution in [0.15, 0.2) is 0 Å². The molecule has 2 fully saturated rings. The van der Waals surface area contributed by atoms with Crippen molar-refractivity contribution in [3.63, 3.8) is 0 Å². The van der Waals surface area contributed by atoms with Gasteiger partial charge in [-0.1, -0.05) is 6.92 Å². The highest BCUT2D eigenvalue weighted by atomic mass is 16.2. The molecule has 2 heterocycles. The summed E-state index contributed by atoms with van der Waals surface area (Å²) >= 11 is 0. The van der Waals surface area contributed by atoms with E-state index in [2.05, 4.69) is 22.5 Å². The second-order valence-corrected chi connectivity index (χ2v) is 4.56. The summed E-state index contributed by atoms with van der Waals surface area (Å²) < 4.78 is 0. The number of amides is 1. The molecule has 1 atom stereocenters. The van der Waals surface area contributed by atoms with Crippen molar-refractivity contribution < 1.29 is 4.79 Å². The van der Waals surface area contributed by atoms with Gasteiger partial charge in [0, 0.05) is 13.1 Å². The number of rotatable bonds is 4. The van der Waals surface area contributed by atoms with Crippen molar-refractivity contribution in [2.45, 2.75) is 25.8 Å². The minimum atomic E-state index is 0.117. The van der Waals surface area contributed by atoms with Crippen molar-refractivity contribution in [3.05, 3.63) is 0 Å². The molecule has 2 aliphatic rings. The Kier molecular flexibility index (Phi) is 3.59. The molecule has 2 N–H and O–H groups in total. The first-order valence-electron chi connectivity index (χ1n) is 6.03. The summed E-state index contributed by atoms with van der Waals surface area (Å²) in [5, 5.41) is 6.22. The lowest BCUT2D eigenvalue weighted by Gasteiger charge is -2.36. The number of nitrogens with zero attached hydrogens (tertiary/aromatic N) is 1. The maximum absolute atomic E-state index is 11.6. The second kappa shape index (κ2) is 4.94. The molecule has 4 nitrogen and oxygen atoms in total. The summed E-state index contributed by atoms with van der Waals surface area (Å²) in [5.41, 5.74) is 0. The molecule has 0 aromatic rings. The zero-order valence-electron chi connectivity index (χ0n) is 9.46. The van der Waals surface area contributed by atoms with Gasteiger partial charge in [-0.25, -0.2) is 0 Å². The van der Waals surface area contributed by atoms with E-state index in [9.17, 15) is 4.79 Å². The first kappa shape index (κ1) is 10.9. The third-order valence-electron chi connectivity index (χ3n) is 3.52. The predicted molar refractivity (Wildman–Crippen MR) is 59.6 cm³/mol. The van der Waals surface area contributed by atoms with Crippen LogP contribution in [0.1, 0.15) is 19.8 Å². The van der Waals surface area contributed by atoms with E-state index in [4.69, 9.17) is 0 Å². The number of carbonyl (C=O) groups is 1. The fraction of sp³-hybridized carbons (Fsp3) is 0.909. The topological polar surface area (TPSA) is 44.4 Å². The molecule has 1 amide bonds. The fourth-order valence-electron chi connectivity index (χ4n) is 2.37. The quantitative estimate of drug-likeness (QED) is 0.677. The molecule has 0 aromatic heterocycles. The van der Waals surface area contributed by atoms with Crippen LogP contribution in [0.5, 0.6) is 0 Å². The predicted octanol–water partition coefficient (Wildman–Crippen LogP) is -0.194. The maximum atomic E-state index is 11.6. The van der Waals surface area contributed by atoms with E-state index < -0.39 is 0 Å². The monoisotopic (exact) mass is 211 g/mol. The molecule has 86 valence electrons. The van der Waals surface area contributed by atoms with Crippen LogP contribution in [0.3, 0.4) is 0 Å². The summed E-state index contributed by atoms with van der Waals surface area (Å²) in [5.74, 6) is 1.06. The van der Waals surface area contributed by atoms with Gasteiger partial charge in [-0.05, 0) is 38.4 Å². The Hall–Kier alpha value is -0.610. The lowest BCUT2D eigenvalue weighted by molar-refractivity contribution is -0.129. The van der Waals surface area contributed by atoms with Crippen molar-refractivity contribution in [2.24, 2.45) is 5.92 Å². The summed E-state index contributed by atoms with van der Waals surface area (Å²) in [4.78, 5) is 13.9. The van der Waals surface area contributed by atoms with Gasteiger partial charge in [0.2, 0.25) is 5.91 Å². The van der Waals surface area contributed by atoms with Gasteiger partial charge in [0.1, 0.15) is 0 Å². The summed E-state index contributed by atoms with van der Waals surface area (Å²) in [7, 11) is 0. The molecule has 0 saturated carbocycles. The van der Waals surface area contributed by atoms with Gasteiger partial charge < -0.3 is 10.6 Å². The molecule has 4 heteroatoms. The van der Waals surface area contributed by atoms with Crippen molar-refractivity contribution in [2.75, 3.05) is 32.7 Å². The Bertz CT molecular complexity index is 228. The average molecular weight is 211 g/mol. The molecule has 2 saturated heterocycles. The van der Waals surface area contributed by atoms with Crippen LogP contribution < -0.4 is 10.6 Å². The molecule has 0 aliphatic carbocycles. The van der Waals surface area contributed by atoms with Gasteiger partial charge >= 0.3 is 0 Å². The van der Waals surface area contributed by atoms with Crippen molar-refractivity contribution >= 4 is 5.91 Å². The van der Waals surface area contributed by atoms with E-state index in [0.717, 1.165) is 45.1 Å². The molecule has 1 unspecified atom stereocenters. The van der Waals surface area contributed by atoms with Crippen LogP contribution in [0, 0.1) is 5.92 Å². The van der Waals surface area contributed by atoms with E-state index in [1.807, 2.05) is 0 Å². The van der Waals surface area contributed by atoms with Crippen LogP contribution in [0.2, 0.25) is 0 Å². The Morgan fingerprint density at radius 3 is 2.87 bits per heavy atom. The van der Waals surface area contributed by atoms with Gasteiger partial charge in [0.15, 0.2) is 0 Å². The lowest BCUT2D eigenvalue weighted by atomic mass is 9.98. The fourth-order valence-corrected chi connectivity index (χ4v) is 2.37. The standard InChI is InChI=1S/C11H21N3O/c1-2-10-11(15)13-4-6-14(10)5-3-9-7-12-8-9/h9-10,12H,2-8H2,1H3,(H,13,15). The highest BCUT2D eigenvalue weighted by molar-refractivity contribution is 5.82. The number of hydrogen-bond donors (Lipinski definition) is 2. The van der Waals surface area contributed by atoms with Gasteiger partial charge in [-0.15, -0.1) is 0 Å². The van der Waals surface area contributed by atoms with Crippen LogP contribution >= 0.6 is 0 Å². The maximum Gasteiger partial charge on any atom is 0.237 e. The smallest absolute Gasteiger partial charge is 0.237 e. The third-order valence-corrected chi connectivity index (χ3v) is 3.52. The lowest BCUT2D eigenvalue weighted by Crippen LogP contribution is -2.55. The van der Waals surface area contributed by atoms with Gasteiger partial charge in [0.25, 0.3) is 0 Å². The largest absolute Gasteiger partial charge is 0.353 e. The van der Waals surface area contributed by atoms with E-state index in [1.54, 1.807) is 0 Å². The van der Waals surface area contributed by atoms with Gasteiger partial charge in [-0.3, -0.25) is 9.69 Å². The Morgan fingerprint density at radius 2 is 2.27 bits per heavy atom. The molecule has 2 rings (SSSR count). The van der Waals surface area contributed by atoms with Crippen molar-refractivity contribution in [1.82, 2.24) is 15.5 Å². The van der Waals surface area contributed by atoms with Crippen LogP contribution in [0.4, 0.5) is 0 Å². The third kappa shape index (κ3) is 2.49. The summed E-state index contributed by atoms with van der Waals surface area (Å²) in [6, 6.07) is 0.117. The van der Waals surface area contributed by atoms with E-state index >= 15 is 0 Å².